The van der Waals surface area contributed by atoms with Crippen LogP contribution in [-0.4, -0.2) is 6.04 Å². The number of halogens is 1. The molecule has 0 saturated heterocycles. The van der Waals surface area contributed by atoms with Gasteiger partial charge in [0.25, 0.3) is 0 Å². The summed E-state index contributed by atoms with van der Waals surface area (Å²) in [4.78, 5) is 0. The van der Waals surface area contributed by atoms with Crippen molar-refractivity contribution in [3.63, 3.8) is 0 Å². The number of rotatable bonds is 3. The Bertz CT molecular complexity index is 1100. The normalized spacial score (nSPS) is 20.0. The number of hydrogen-bond donors (Lipinski definition) is 0. The van der Waals surface area contributed by atoms with E-state index in [2.05, 4.69) is 90.2 Å². The zero-order chi connectivity index (χ0) is 19.6. The minimum atomic E-state index is 0.358. The number of anilines is 1. The van der Waals surface area contributed by atoms with Crippen molar-refractivity contribution in [3.8, 4) is 0 Å². The molecule has 0 bridgehead atoms. The van der Waals surface area contributed by atoms with Crippen LogP contribution in [0.1, 0.15) is 55.0 Å². The third-order valence-corrected chi connectivity index (χ3v) is 7.78. The van der Waals surface area contributed by atoms with E-state index in [0.29, 0.717) is 6.04 Å². The lowest BCUT2D eigenvalue weighted by Gasteiger charge is -2.20. The number of fused-ring (bicyclic) bond motifs is 4. The van der Waals surface area contributed by atoms with Crippen LogP contribution in [0.3, 0.4) is 0 Å². The van der Waals surface area contributed by atoms with Crippen LogP contribution in [0.4, 0.5) is 5.69 Å². The third-order valence-electron chi connectivity index (χ3n) is 6.99. The molecular formula is C26H26BrN. The molecule has 2 heteroatoms. The van der Waals surface area contributed by atoms with E-state index in [0.717, 1.165) is 19.3 Å². The van der Waals surface area contributed by atoms with Crippen LogP contribution in [-0.2, 0) is 12.8 Å². The van der Waals surface area contributed by atoms with Gasteiger partial charge in [0.1, 0.15) is 0 Å². The fourth-order valence-electron chi connectivity index (χ4n) is 5.10. The molecular weight excluding hydrogens is 406 g/mol. The van der Waals surface area contributed by atoms with E-state index in [1.165, 1.54) is 55.8 Å². The van der Waals surface area contributed by atoms with Crippen LogP contribution in [0.2, 0.25) is 0 Å². The molecule has 2 aromatic rings. The average Bonchev–Trinajstić information content (AvgIpc) is 3.29. The number of benzene rings is 2. The first-order chi connectivity index (χ1) is 13.5. The molecule has 5 rings (SSSR count). The Kier molecular flexibility index (Phi) is 4.17. The highest BCUT2D eigenvalue weighted by atomic mass is 79.9. The van der Waals surface area contributed by atoms with Gasteiger partial charge in [-0.25, -0.2) is 0 Å². The van der Waals surface area contributed by atoms with Gasteiger partial charge in [-0.2, -0.15) is 0 Å². The van der Waals surface area contributed by atoms with E-state index in [4.69, 9.17) is 0 Å². The van der Waals surface area contributed by atoms with E-state index >= 15 is 0 Å². The quantitative estimate of drug-likeness (QED) is 0.464. The van der Waals surface area contributed by atoms with E-state index in [9.17, 15) is 0 Å². The second-order valence-corrected chi connectivity index (χ2v) is 9.30. The molecule has 0 fully saturated rings. The summed E-state index contributed by atoms with van der Waals surface area (Å²) in [6, 6.07) is 14.0. The molecule has 0 saturated carbocycles. The first-order valence-corrected chi connectivity index (χ1v) is 10.9. The molecule has 142 valence electrons. The molecule has 0 radical (unpaired) electrons. The van der Waals surface area contributed by atoms with Crippen LogP contribution in [0.15, 0.2) is 58.7 Å². The first-order valence-electron chi connectivity index (χ1n) is 10.2. The average molecular weight is 432 g/mol. The molecule has 28 heavy (non-hydrogen) atoms. The lowest BCUT2D eigenvalue weighted by atomic mass is 9.93. The number of hydrogen-bond acceptors (Lipinski definition) is 1. The van der Waals surface area contributed by atoms with Crippen molar-refractivity contribution in [2.75, 3.05) is 3.93 Å². The van der Waals surface area contributed by atoms with Gasteiger partial charge in [-0.1, -0.05) is 35.9 Å². The molecule has 1 atom stereocenters. The van der Waals surface area contributed by atoms with Crippen LogP contribution < -0.4 is 3.93 Å². The molecule has 1 heterocycles. The molecule has 3 aliphatic rings. The molecule has 1 unspecified atom stereocenters. The maximum atomic E-state index is 3.86. The number of allylic oxidation sites excluding steroid dienone is 3. The lowest BCUT2D eigenvalue weighted by molar-refractivity contribution is 0.910. The highest BCUT2D eigenvalue weighted by molar-refractivity contribution is 9.10. The first kappa shape index (κ1) is 18.0. The zero-order valence-electron chi connectivity index (χ0n) is 17.1. The maximum Gasteiger partial charge on any atom is 0.0879 e. The summed E-state index contributed by atoms with van der Waals surface area (Å²) in [6.45, 7) is 9.08. The second kappa shape index (κ2) is 6.49. The Hall–Kier alpha value is -2.06. The minimum absolute atomic E-state index is 0.358. The fourth-order valence-corrected chi connectivity index (χ4v) is 5.91. The predicted molar refractivity (Wildman–Crippen MR) is 124 cm³/mol. The molecule has 0 spiro atoms. The summed E-state index contributed by atoms with van der Waals surface area (Å²) in [5, 5.41) is 0. The molecule has 1 aliphatic heterocycles. The lowest BCUT2D eigenvalue weighted by Crippen LogP contribution is -2.21. The van der Waals surface area contributed by atoms with Gasteiger partial charge in [0.05, 0.1) is 27.9 Å². The Morgan fingerprint density at radius 3 is 2.57 bits per heavy atom. The molecule has 2 aliphatic carbocycles. The van der Waals surface area contributed by atoms with E-state index in [1.807, 2.05) is 0 Å². The Morgan fingerprint density at radius 1 is 1.00 bits per heavy atom. The van der Waals surface area contributed by atoms with E-state index < -0.39 is 0 Å². The highest BCUT2D eigenvalue weighted by Gasteiger charge is 2.40. The third kappa shape index (κ3) is 2.58. The van der Waals surface area contributed by atoms with E-state index in [-0.39, 0.29) is 0 Å². The Morgan fingerprint density at radius 2 is 1.79 bits per heavy atom. The van der Waals surface area contributed by atoms with Crippen LogP contribution in [0.5, 0.6) is 0 Å². The van der Waals surface area contributed by atoms with Crippen molar-refractivity contribution in [3.05, 3.63) is 86.5 Å². The molecule has 1 nitrogen and oxygen atoms in total. The van der Waals surface area contributed by atoms with E-state index in [1.54, 1.807) is 5.57 Å². The molecule has 0 amide bonds. The van der Waals surface area contributed by atoms with Gasteiger partial charge in [-0.05, 0) is 104 Å². The van der Waals surface area contributed by atoms with Crippen molar-refractivity contribution in [2.45, 2.75) is 53.0 Å². The minimum Gasteiger partial charge on any atom is -0.297 e. The van der Waals surface area contributed by atoms with Crippen LogP contribution in [0, 0.1) is 6.92 Å². The van der Waals surface area contributed by atoms with Gasteiger partial charge >= 0.3 is 0 Å². The van der Waals surface area contributed by atoms with Gasteiger partial charge in [0.15, 0.2) is 0 Å². The maximum absolute atomic E-state index is 3.86. The summed E-state index contributed by atoms with van der Waals surface area (Å²) in [7, 11) is 0. The summed E-state index contributed by atoms with van der Waals surface area (Å²) in [5.74, 6) is 0. The van der Waals surface area contributed by atoms with Crippen molar-refractivity contribution in [1.29, 1.82) is 0 Å². The van der Waals surface area contributed by atoms with Gasteiger partial charge in [-0.3, -0.25) is 3.93 Å². The van der Waals surface area contributed by atoms with Crippen molar-refractivity contribution in [2.24, 2.45) is 0 Å². The predicted octanol–water partition coefficient (Wildman–Crippen LogP) is 7.19. The monoisotopic (exact) mass is 431 g/mol. The molecule has 2 aromatic carbocycles. The number of aryl methyl sites for hydroxylation is 2. The van der Waals surface area contributed by atoms with Crippen LogP contribution >= 0.6 is 16.1 Å². The van der Waals surface area contributed by atoms with Crippen LogP contribution in [0.25, 0.3) is 11.6 Å². The van der Waals surface area contributed by atoms with Gasteiger partial charge < -0.3 is 0 Å². The summed E-state index contributed by atoms with van der Waals surface area (Å²) in [6.07, 6.45) is 5.77. The summed E-state index contributed by atoms with van der Waals surface area (Å²) < 4.78 is 2.29. The van der Waals surface area contributed by atoms with Crippen molar-refractivity contribution in [1.82, 2.24) is 0 Å². The summed E-state index contributed by atoms with van der Waals surface area (Å²) in [5.41, 5.74) is 15.9. The second-order valence-electron chi connectivity index (χ2n) is 8.53. The molecule has 0 aromatic heterocycles. The standard InChI is InChI=1S/C26H26BrN/c1-15-11-24-23(25-17(3)16(2)18(4)26(25)28(24)27)14-20(15)10-9-19-12-21-7-5-6-8-22(21)13-19/h5-8,11-12,14,26H,9-10,13H2,1-4H3. The van der Waals surface area contributed by atoms with Crippen molar-refractivity contribution >= 4 is 33.5 Å². The van der Waals surface area contributed by atoms with Crippen molar-refractivity contribution < 1.29 is 0 Å². The highest BCUT2D eigenvalue weighted by Crippen LogP contribution is 2.52. The number of nitrogens with zero attached hydrogens (tertiary/aromatic N) is 1. The molecule has 0 N–H and O–H groups in total. The Balaban J connectivity index is 1.44. The van der Waals surface area contributed by atoms with Gasteiger partial charge in [0.2, 0.25) is 0 Å². The fraction of sp³-hybridized carbons (Fsp3) is 0.308. The van der Waals surface area contributed by atoms with Gasteiger partial charge in [-0.15, -0.1) is 0 Å². The summed E-state index contributed by atoms with van der Waals surface area (Å²) >= 11 is 3.86. The topological polar surface area (TPSA) is 3.24 Å². The van der Waals surface area contributed by atoms with Gasteiger partial charge in [0, 0.05) is 5.56 Å². The SMILES string of the molecule is CC1=C(C)C2C(=C1C)c1cc(CCC3=Cc4ccccc4C3)c(C)cc1N2Br. The zero-order valence-corrected chi connectivity index (χ0v) is 18.7. The smallest absolute Gasteiger partial charge is 0.0879 e. The Labute approximate surface area is 176 Å². The largest absolute Gasteiger partial charge is 0.297 e.